The number of rotatable bonds is 4. The summed E-state index contributed by atoms with van der Waals surface area (Å²) in [5, 5.41) is 52.4. The highest BCUT2D eigenvalue weighted by Gasteiger charge is 2.75. The highest BCUT2D eigenvalue weighted by Crippen LogP contribution is 2.65. The molecule has 41 heavy (non-hydrogen) atoms. The first-order valence-corrected chi connectivity index (χ1v) is 14.4. The molecule has 2 saturated carbocycles. The van der Waals surface area contributed by atoms with Gasteiger partial charge in [-0.1, -0.05) is 33.8 Å². The molecular weight excluding hydrogens is 530 g/mol. The number of anilines is 1. The lowest BCUT2D eigenvalue weighted by Crippen LogP contribution is -2.79. The zero-order valence-electron chi connectivity index (χ0n) is 23.9. The third-order valence-electron chi connectivity index (χ3n) is 10.6. The Hall–Kier alpha value is -2.86. The molecular formula is C30H41N3O8. The Kier molecular flexibility index (Phi) is 7.12. The average molecular weight is 572 g/mol. The molecule has 3 fully saturated rings. The van der Waals surface area contributed by atoms with Crippen LogP contribution in [-0.2, 0) is 20.8 Å². The van der Waals surface area contributed by atoms with Gasteiger partial charge in [-0.3, -0.25) is 19.2 Å². The lowest BCUT2D eigenvalue weighted by Gasteiger charge is -2.66. The normalized spacial score (nSPS) is 39.1. The number of hydrogen-bond donors (Lipinski definition) is 7. The van der Waals surface area contributed by atoms with Crippen molar-refractivity contribution < 1.29 is 39.6 Å². The van der Waals surface area contributed by atoms with Gasteiger partial charge in [0.1, 0.15) is 17.8 Å². The Bertz CT molecular complexity index is 1310. The van der Waals surface area contributed by atoms with Gasteiger partial charge in [0, 0.05) is 11.3 Å². The van der Waals surface area contributed by atoms with Crippen LogP contribution in [0.25, 0.3) is 0 Å². The number of piperidine rings is 1. The van der Waals surface area contributed by atoms with E-state index in [1.54, 1.807) is 39.8 Å². The number of benzene rings is 1. The molecule has 4 aliphatic rings. The van der Waals surface area contributed by atoms with E-state index < -0.39 is 69.6 Å². The first kappa shape index (κ1) is 29.6. The topological polar surface area (TPSA) is 199 Å². The molecule has 11 nitrogen and oxygen atoms in total. The van der Waals surface area contributed by atoms with Crippen LogP contribution >= 0.6 is 0 Å². The van der Waals surface area contributed by atoms with Crippen LogP contribution in [0.3, 0.4) is 0 Å². The second kappa shape index (κ2) is 9.86. The fraction of sp³-hybridized carbons (Fsp3) is 0.667. The van der Waals surface area contributed by atoms with E-state index >= 15 is 0 Å². The average Bonchev–Trinajstić information content (AvgIpc) is 2.87. The van der Waals surface area contributed by atoms with Crippen LogP contribution in [0, 0.1) is 40.4 Å². The SMILES string of the molecule is CC(C)[C@H]1C(O)C(C(N)=O)C(=O)[C@]2(O)C(O)C3C(=O)c4c(ccc(NC(=O)C5CCNCC5)c4O)C[C@]3(C)C[C@]12C. The maximum atomic E-state index is 14.1. The number of carbonyl (C=O) groups is 4. The summed E-state index contributed by atoms with van der Waals surface area (Å²) in [6.45, 7) is 8.43. The lowest BCUT2D eigenvalue weighted by molar-refractivity contribution is -0.265. The number of ketones is 2. The molecule has 3 aliphatic carbocycles. The number of fused-ring (bicyclic) bond motifs is 3. The van der Waals surface area contributed by atoms with Crippen molar-refractivity contribution >= 4 is 29.1 Å². The predicted octanol–water partition coefficient (Wildman–Crippen LogP) is 0.511. The number of carbonyl (C=O) groups excluding carboxylic acids is 4. The van der Waals surface area contributed by atoms with Crippen LogP contribution in [-0.4, -0.2) is 74.7 Å². The van der Waals surface area contributed by atoms with Crippen molar-refractivity contribution in [2.45, 2.75) is 71.2 Å². The Balaban J connectivity index is 1.58. The molecule has 0 spiro atoms. The summed E-state index contributed by atoms with van der Waals surface area (Å²) in [5.41, 5.74) is 1.09. The molecule has 1 aromatic rings. The van der Waals surface area contributed by atoms with E-state index in [2.05, 4.69) is 10.6 Å². The standard InChI is InChI=1S/C30H41N3O8/c1-13(2)19-23(36)18(26(31)39)24(37)30(41)25(38)20-22(35)17-15(11-28(20,3)12-29(19,30)4)5-6-16(21(17)34)33-27(40)14-7-9-32-10-8-14/h5-6,13-14,18-20,23,25,32,34,36,38,41H,7-12H2,1-4H3,(H2,31,39)(H,33,40)/t18?,19-,20?,23?,25?,28+,29+,30-/m0/s1. The van der Waals surface area contributed by atoms with Crippen molar-refractivity contribution in [1.29, 1.82) is 0 Å². The molecule has 4 unspecified atom stereocenters. The number of aliphatic hydroxyl groups excluding tert-OH is 2. The Morgan fingerprint density at radius 3 is 2.34 bits per heavy atom. The van der Waals surface area contributed by atoms with E-state index in [9.17, 15) is 39.6 Å². The summed E-state index contributed by atoms with van der Waals surface area (Å²) in [7, 11) is 0. The number of aliphatic hydroxyl groups is 3. The molecule has 11 heteroatoms. The number of primary amides is 1. The summed E-state index contributed by atoms with van der Waals surface area (Å²) in [6.07, 6.45) is -1.82. The molecule has 0 aromatic heterocycles. The Morgan fingerprint density at radius 1 is 1.12 bits per heavy atom. The van der Waals surface area contributed by atoms with Gasteiger partial charge in [-0.25, -0.2) is 0 Å². The number of phenols is 1. The van der Waals surface area contributed by atoms with E-state index in [0.29, 0.717) is 31.5 Å². The largest absolute Gasteiger partial charge is 0.505 e. The van der Waals surface area contributed by atoms with Gasteiger partial charge in [-0.2, -0.15) is 0 Å². The summed E-state index contributed by atoms with van der Waals surface area (Å²) in [5.74, 6) is -7.98. The predicted molar refractivity (Wildman–Crippen MR) is 148 cm³/mol. The maximum Gasteiger partial charge on any atom is 0.230 e. The van der Waals surface area contributed by atoms with Crippen molar-refractivity contribution in [1.82, 2.24) is 5.32 Å². The van der Waals surface area contributed by atoms with Gasteiger partial charge in [0.15, 0.2) is 17.2 Å². The number of Topliss-reactive ketones (excluding diaryl/α,β-unsaturated/α-hetero) is 2. The van der Waals surface area contributed by atoms with Crippen molar-refractivity contribution in [3.8, 4) is 5.75 Å². The molecule has 1 aromatic carbocycles. The van der Waals surface area contributed by atoms with Gasteiger partial charge in [0.25, 0.3) is 0 Å². The fourth-order valence-corrected chi connectivity index (χ4v) is 8.94. The van der Waals surface area contributed by atoms with Gasteiger partial charge >= 0.3 is 0 Å². The third-order valence-corrected chi connectivity index (χ3v) is 10.6. The molecule has 1 heterocycles. The van der Waals surface area contributed by atoms with Crippen LogP contribution in [0.5, 0.6) is 5.75 Å². The molecule has 8 N–H and O–H groups in total. The fourth-order valence-electron chi connectivity index (χ4n) is 8.94. The van der Waals surface area contributed by atoms with Crippen LogP contribution in [0.4, 0.5) is 5.69 Å². The zero-order chi connectivity index (χ0) is 30.2. The minimum absolute atomic E-state index is 0.0722. The monoisotopic (exact) mass is 571 g/mol. The highest BCUT2D eigenvalue weighted by molar-refractivity contribution is 6.10. The number of amides is 2. The zero-order valence-corrected chi connectivity index (χ0v) is 23.9. The Morgan fingerprint density at radius 2 is 1.76 bits per heavy atom. The molecule has 5 rings (SSSR count). The second-order valence-electron chi connectivity index (χ2n) is 13.5. The van der Waals surface area contributed by atoms with Crippen LogP contribution in [0.1, 0.15) is 62.9 Å². The molecule has 8 atom stereocenters. The third kappa shape index (κ3) is 4.07. The van der Waals surface area contributed by atoms with Gasteiger partial charge < -0.3 is 36.8 Å². The van der Waals surface area contributed by atoms with Crippen molar-refractivity contribution in [2.24, 2.45) is 46.2 Å². The molecule has 1 aliphatic heterocycles. The van der Waals surface area contributed by atoms with E-state index in [0.717, 1.165) is 0 Å². The van der Waals surface area contributed by atoms with Gasteiger partial charge in [-0.05, 0) is 67.7 Å². The van der Waals surface area contributed by atoms with Crippen molar-refractivity contribution in [2.75, 3.05) is 18.4 Å². The maximum absolute atomic E-state index is 14.1. The Labute approximate surface area is 238 Å². The molecule has 1 saturated heterocycles. The van der Waals surface area contributed by atoms with Crippen molar-refractivity contribution in [3.63, 3.8) is 0 Å². The van der Waals surface area contributed by atoms with Crippen LogP contribution < -0.4 is 16.4 Å². The minimum atomic E-state index is -2.56. The highest BCUT2D eigenvalue weighted by atomic mass is 16.4. The van der Waals surface area contributed by atoms with E-state index in [-0.39, 0.29) is 41.8 Å². The smallest absolute Gasteiger partial charge is 0.230 e. The van der Waals surface area contributed by atoms with Gasteiger partial charge in [-0.15, -0.1) is 0 Å². The van der Waals surface area contributed by atoms with Gasteiger partial charge in [0.05, 0.1) is 23.3 Å². The number of nitrogens with two attached hydrogens (primary N) is 1. The summed E-state index contributed by atoms with van der Waals surface area (Å²) in [6, 6.07) is 3.23. The lowest BCUT2D eigenvalue weighted by atomic mass is 9.39. The summed E-state index contributed by atoms with van der Waals surface area (Å²) < 4.78 is 0. The first-order chi connectivity index (χ1) is 19.1. The quantitative estimate of drug-likeness (QED) is 0.199. The number of phenolic OH excluding ortho intramolecular Hbond substituents is 1. The molecule has 0 bridgehead atoms. The van der Waals surface area contributed by atoms with E-state index in [1.165, 1.54) is 0 Å². The summed E-state index contributed by atoms with van der Waals surface area (Å²) in [4.78, 5) is 53.1. The molecule has 224 valence electrons. The van der Waals surface area contributed by atoms with Crippen LogP contribution in [0.15, 0.2) is 12.1 Å². The van der Waals surface area contributed by atoms with E-state index in [4.69, 9.17) is 5.73 Å². The number of hydrogen-bond acceptors (Lipinski definition) is 9. The molecule has 0 radical (unpaired) electrons. The van der Waals surface area contributed by atoms with E-state index in [1.807, 2.05) is 0 Å². The first-order valence-electron chi connectivity index (χ1n) is 14.4. The second-order valence-corrected chi connectivity index (χ2v) is 13.5. The van der Waals surface area contributed by atoms with Crippen molar-refractivity contribution in [3.05, 3.63) is 23.3 Å². The number of nitrogens with one attached hydrogen (secondary N) is 2. The van der Waals surface area contributed by atoms with Crippen LogP contribution in [0.2, 0.25) is 0 Å². The molecule has 2 amide bonds. The number of aromatic hydroxyl groups is 1. The minimum Gasteiger partial charge on any atom is -0.505 e. The summed E-state index contributed by atoms with van der Waals surface area (Å²) >= 11 is 0. The van der Waals surface area contributed by atoms with Gasteiger partial charge in [0.2, 0.25) is 11.8 Å².